The summed E-state index contributed by atoms with van der Waals surface area (Å²) in [6, 6.07) is 0. The second-order valence-corrected chi connectivity index (χ2v) is 7.68. The van der Waals surface area contributed by atoms with Gasteiger partial charge in [0.2, 0.25) is 0 Å². The van der Waals surface area contributed by atoms with Crippen LogP contribution in [0.5, 0.6) is 0 Å². The number of aliphatic hydroxyl groups excluding tert-OH is 2. The Bertz CT molecular complexity index is 581. The number of ketones is 2. The minimum Gasteiger partial charge on any atom is -0.392 e. The van der Waals surface area contributed by atoms with Crippen molar-refractivity contribution in [3.05, 3.63) is 24.3 Å². The van der Waals surface area contributed by atoms with E-state index in [0.29, 0.717) is 25.7 Å². The smallest absolute Gasteiger partial charge is 0.163 e. The molecule has 0 aromatic heterocycles. The van der Waals surface area contributed by atoms with Crippen molar-refractivity contribution < 1.29 is 29.3 Å². The molecule has 2 saturated carbocycles. The van der Waals surface area contributed by atoms with Crippen molar-refractivity contribution in [3.8, 4) is 0 Å². The lowest BCUT2D eigenvalue weighted by Gasteiger charge is -2.30. The van der Waals surface area contributed by atoms with Crippen LogP contribution in [0.4, 0.5) is 0 Å². The molecule has 2 rings (SSSR count). The minimum atomic E-state index is -0.590. The molecule has 0 bridgehead atoms. The third-order valence-electron chi connectivity index (χ3n) is 5.63. The number of ether oxygens (including phenoxy) is 1. The highest BCUT2D eigenvalue weighted by Crippen LogP contribution is 2.29. The number of carbonyl (C=O) groups excluding carboxylic acids is 3. The van der Waals surface area contributed by atoms with Crippen molar-refractivity contribution in [2.75, 3.05) is 7.11 Å². The molecule has 6 heteroatoms. The quantitative estimate of drug-likeness (QED) is 0.379. The molecule has 6 unspecified atom stereocenters. The Labute approximate surface area is 160 Å². The van der Waals surface area contributed by atoms with Crippen molar-refractivity contribution in [3.63, 3.8) is 0 Å². The van der Waals surface area contributed by atoms with Crippen LogP contribution in [0.15, 0.2) is 24.3 Å². The van der Waals surface area contributed by atoms with Gasteiger partial charge in [-0.2, -0.15) is 0 Å². The van der Waals surface area contributed by atoms with Crippen molar-refractivity contribution in [2.24, 2.45) is 17.8 Å². The summed E-state index contributed by atoms with van der Waals surface area (Å²) in [7, 11) is 1.57. The molecule has 0 amide bonds. The maximum Gasteiger partial charge on any atom is 0.163 e. The summed E-state index contributed by atoms with van der Waals surface area (Å²) in [6.07, 6.45) is 9.72. The van der Waals surface area contributed by atoms with Crippen molar-refractivity contribution in [2.45, 2.75) is 63.3 Å². The van der Waals surface area contributed by atoms with E-state index < -0.39 is 12.2 Å². The number of aldehydes is 1. The molecule has 2 aliphatic rings. The lowest BCUT2D eigenvalue weighted by Crippen LogP contribution is -2.34. The minimum absolute atomic E-state index is 0.0813. The first-order valence-corrected chi connectivity index (χ1v) is 9.69. The van der Waals surface area contributed by atoms with Crippen LogP contribution in [0.2, 0.25) is 0 Å². The first-order chi connectivity index (χ1) is 12.9. The molecule has 0 spiro atoms. The maximum atomic E-state index is 12.0. The Morgan fingerprint density at radius 2 is 1.48 bits per heavy atom. The summed E-state index contributed by atoms with van der Waals surface area (Å²) in [4.78, 5) is 34.9. The van der Waals surface area contributed by atoms with Crippen LogP contribution in [-0.2, 0) is 19.1 Å². The van der Waals surface area contributed by atoms with Crippen molar-refractivity contribution >= 4 is 17.9 Å². The maximum absolute atomic E-state index is 12.0. The van der Waals surface area contributed by atoms with Gasteiger partial charge in [-0.05, 0) is 62.5 Å². The summed E-state index contributed by atoms with van der Waals surface area (Å²) in [6.45, 7) is 0. The molecule has 0 radical (unpaired) electrons. The fraction of sp³-hybridized carbons (Fsp3) is 0.667. The zero-order valence-corrected chi connectivity index (χ0v) is 15.8. The van der Waals surface area contributed by atoms with E-state index in [0.717, 1.165) is 19.1 Å². The van der Waals surface area contributed by atoms with E-state index in [4.69, 9.17) is 4.74 Å². The molecule has 6 atom stereocenters. The standard InChI is InChI=1S/C21H30O6/c1-27-21-11-15(5-9-20(21)26)3-7-18(24)12-17(23)6-2-14-4-8-19(25)16(10-14)13-22/h2-3,6-7,13-16,19-21,25-26H,4-5,8-12H2,1H3/b6-2+,7-3?. The van der Waals surface area contributed by atoms with Gasteiger partial charge in [0, 0.05) is 13.0 Å². The SMILES string of the molecule is COC1CC(C=CC(=O)CC(=O)/C=C/C2CCC(O)C(C=O)C2)CCC1O. The topological polar surface area (TPSA) is 101 Å². The molecule has 0 heterocycles. The highest BCUT2D eigenvalue weighted by Gasteiger charge is 2.28. The molecule has 0 aromatic carbocycles. The van der Waals surface area contributed by atoms with Crippen LogP contribution in [0, 0.1) is 17.8 Å². The van der Waals surface area contributed by atoms with Gasteiger partial charge in [-0.25, -0.2) is 0 Å². The van der Waals surface area contributed by atoms with Crippen LogP contribution >= 0.6 is 0 Å². The summed E-state index contributed by atoms with van der Waals surface area (Å²) >= 11 is 0. The number of allylic oxidation sites excluding steroid dienone is 4. The largest absolute Gasteiger partial charge is 0.392 e. The number of hydrogen-bond acceptors (Lipinski definition) is 6. The fourth-order valence-electron chi connectivity index (χ4n) is 3.89. The van der Waals surface area contributed by atoms with Crippen LogP contribution in [-0.4, -0.2) is 53.5 Å². The van der Waals surface area contributed by atoms with E-state index in [9.17, 15) is 24.6 Å². The van der Waals surface area contributed by atoms with Crippen molar-refractivity contribution in [1.29, 1.82) is 0 Å². The molecular weight excluding hydrogens is 348 g/mol. The predicted octanol–water partition coefficient (Wildman–Crippen LogP) is 1.78. The van der Waals surface area contributed by atoms with Crippen molar-refractivity contribution in [1.82, 2.24) is 0 Å². The zero-order valence-electron chi connectivity index (χ0n) is 15.8. The normalized spacial score (nSPS) is 34.8. The van der Waals surface area contributed by atoms with Gasteiger partial charge in [-0.1, -0.05) is 12.2 Å². The lowest BCUT2D eigenvalue weighted by atomic mass is 9.80. The van der Waals surface area contributed by atoms with Gasteiger partial charge in [0.15, 0.2) is 11.6 Å². The van der Waals surface area contributed by atoms with E-state index in [2.05, 4.69) is 0 Å². The van der Waals surface area contributed by atoms with Gasteiger partial charge in [-0.15, -0.1) is 0 Å². The van der Waals surface area contributed by atoms with E-state index in [-0.39, 0.29) is 41.8 Å². The summed E-state index contributed by atoms with van der Waals surface area (Å²) in [5.41, 5.74) is 0. The molecule has 2 N–H and O–H groups in total. The molecule has 2 fully saturated rings. The zero-order chi connectivity index (χ0) is 19.8. The van der Waals surface area contributed by atoms with E-state index in [1.165, 1.54) is 12.2 Å². The molecule has 6 nitrogen and oxygen atoms in total. The fourth-order valence-corrected chi connectivity index (χ4v) is 3.89. The first-order valence-electron chi connectivity index (χ1n) is 9.69. The highest BCUT2D eigenvalue weighted by molar-refractivity contribution is 6.08. The average molecular weight is 378 g/mol. The molecule has 0 aliphatic heterocycles. The Kier molecular flexibility index (Phi) is 8.54. The van der Waals surface area contributed by atoms with E-state index in [1.807, 2.05) is 6.08 Å². The Morgan fingerprint density at radius 1 is 0.926 bits per heavy atom. The molecular formula is C21H30O6. The first kappa shape index (κ1) is 21.7. The van der Waals surface area contributed by atoms with Gasteiger partial charge in [-0.3, -0.25) is 9.59 Å². The van der Waals surface area contributed by atoms with Gasteiger partial charge in [0.05, 0.1) is 24.7 Å². The summed E-state index contributed by atoms with van der Waals surface area (Å²) in [5.74, 6) is -0.625. The summed E-state index contributed by atoms with van der Waals surface area (Å²) < 4.78 is 5.25. The van der Waals surface area contributed by atoms with Crippen LogP contribution in [0.25, 0.3) is 0 Å². The number of aliphatic hydroxyl groups is 2. The van der Waals surface area contributed by atoms with Crippen LogP contribution in [0.3, 0.4) is 0 Å². The Balaban J connectivity index is 1.76. The molecule has 150 valence electrons. The average Bonchev–Trinajstić information content (AvgIpc) is 2.66. The van der Waals surface area contributed by atoms with Gasteiger partial charge in [0.1, 0.15) is 6.29 Å². The molecule has 0 aromatic rings. The monoisotopic (exact) mass is 378 g/mol. The number of carbonyl (C=O) groups is 3. The Hall–Kier alpha value is -1.63. The molecule has 0 saturated heterocycles. The van der Waals surface area contributed by atoms with Gasteiger partial charge < -0.3 is 19.7 Å². The predicted molar refractivity (Wildman–Crippen MR) is 100.0 cm³/mol. The number of rotatable bonds is 8. The second kappa shape index (κ2) is 10.6. The molecule has 27 heavy (non-hydrogen) atoms. The Morgan fingerprint density at radius 3 is 2.04 bits per heavy atom. The molecule has 2 aliphatic carbocycles. The third-order valence-corrected chi connectivity index (χ3v) is 5.63. The van der Waals surface area contributed by atoms with E-state index in [1.54, 1.807) is 13.2 Å². The second-order valence-electron chi connectivity index (χ2n) is 7.68. The summed E-state index contributed by atoms with van der Waals surface area (Å²) in [5, 5.41) is 19.5. The lowest BCUT2D eigenvalue weighted by molar-refractivity contribution is -0.122. The number of hydrogen-bond donors (Lipinski definition) is 2. The van der Waals surface area contributed by atoms with Gasteiger partial charge in [0.25, 0.3) is 0 Å². The third kappa shape index (κ3) is 6.79. The number of methoxy groups -OCH3 is 1. The van der Waals surface area contributed by atoms with Gasteiger partial charge >= 0.3 is 0 Å². The van der Waals surface area contributed by atoms with Crippen LogP contribution in [0.1, 0.15) is 44.9 Å². The van der Waals surface area contributed by atoms with Crippen LogP contribution < -0.4 is 0 Å². The van der Waals surface area contributed by atoms with E-state index >= 15 is 0 Å². The highest BCUT2D eigenvalue weighted by atomic mass is 16.5.